The molecule has 2 heteroatoms. The zero-order chi connectivity index (χ0) is 15.9. The van der Waals surface area contributed by atoms with Crippen molar-refractivity contribution in [1.29, 1.82) is 0 Å². The van der Waals surface area contributed by atoms with Crippen LogP contribution in [0.2, 0.25) is 0 Å². The number of hydrogen-bond acceptors (Lipinski definition) is 2. The first kappa shape index (κ1) is 13.2. The van der Waals surface area contributed by atoms with Gasteiger partial charge in [-0.1, -0.05) is 60.7 Å². The van der Waals surface area contributed by atoms with Crippen molar-refractivity contribution in [2.45, 2.75) is 0 Å². The second kappa shape index (κ2) is 5.14. The minimum Gasteiger partial charge on any atom is -0.261 e. The molecule has 2 nitrogen and oxygen atoms in total. The highest BCUT2D eigenvalue weighted by Gasteiger charge is 2.09. The smallest absolute Gasteiger partial charge is 0.0885 e. The molecule has 0 bridgehead atoms. The summed E-state index contributed by atoms with van der Waals surface area (Å²) in [6, 6.07) is 23.8. The lowest BCUT2D eigenvalue weighted by atomic mass is 9.93. The Hall–Kier alpha value is -3.26. The van der Waals surface area contributed by atoms with Crippen LogP contribution in [0.25, 0.3) is 43.6 Å². The van der Waals surface area contributed by atoms with E-state index in [1.54, 1.807) is 12.4 Å². The predicted molar refractivity (Wildman–Crippen MR) is 100.0 cm³/mol. The minimum absolute atomic E-state index is 0.900. The van der Waals surface area contributed by atoms with Crippen molar-refractivity contribution in [3.05, 3.63) is 85.3 Å². The summed E-state index contributed by atoms with van der Waals surface area (Å²) < 4.78 is 0. The molecule has 24 heavy (non-hydrogen) atoms. The predicted octanol–water partition coefficient (Wildman–Crippen LogP) is 5.60. The highest BCUT2D eigenvalue weighted by molar-refractivity contribution is 6.25. The molecule has 0 atom stereocenters. The number of benzene rings is 4. The molecule has 0 unspecified atom stereocenters. The first-order chi connectivity index (χ1) is 11.9. The first-order valence-electron chi connectivity index (χ1n) is 8.01. The van der Waals surface area contributed by atoms with E-state index >= 15 is 0 Å². The molecule has 0 amide bonds. The van der Waals surface area contributed by atoms with Gasteiger partial charge in [0.2, 0.25) is 0 Å². The van der Waals surface area contributed by atoms with Gasteiger partial charge in [0.1, 0.15) is 0 Å². The Balaban J connectivity index is 1.96. The molecule has 0 aliphatic carbocycles. The lowest BCUT2D eigenvalue weighted by molar-refractivity contribution is 1.21. The third-order valence-corrected chi connectivity index (χ3v) is 4.60. The average molecular weight is 306 g/mol. The van der Waals surface area contributed by atoms with E-state index in [0.29, 0.717) is 0 Å². The standard InChI is InChI=1S/C22H14N2/c1-2-7-18-16(5-1)17-6-3-4-8-19(17)21-13-15(9-10-20(18)21)22-14-23-11-12-24-22/h1-14H. The Morgan fingerprint density at radius 3 is 1.71 bits per heavy atom. The summed E-state index contributed by atoms with van der Waals surface area (Å²) in [6.45, 7) is 0. The van der Waals surface area contributed by atoms with E-state index < -0.39 is 0 Å². The first-order valence-corrected chi connectivity index (χ1v) is 8.01. The molecule has 5 aromatic rings. The maximum Gasteiger partial charge on any atom is 0.0885 e. The molecule has 1 heterocycles. The lowest BCUT2D eigenvalue weighted by Crippen LogP contribution is -1.87. The lowest BCUT2D eigenvalue weighted by Gasteiger charge is -2.11. The van der Waals surface area contributed by atoms with Crippen LogP contribution in [0.3, 0.4) is 0 Å². The van der Waals surface area contributed by atoms with Crippen molar-refractivity contribution < 1.29 is 0 Å². The van der Waals surface area contributed by atoms with Crippen molar-refractivity contribution >= 4 is 32.3 Å². The highest BCUT2D eigenvalue weighted by atomic mass is 14.8. The van der Waals surface area contributed by atoms with Crippen LogP contribution in [0.4, 0.5) is 0 Å². The van der Waals surface area contributed by atoms with E-state index in [2.05, 4.69) is 76.7 Å². The quantitative estimate of drug-likeness (QED) is 0.376. The van der Waals surface area contributed by atoms with Crippen molar-refractivity contribution in [3.8, 4) is 11.3 Å². The van der Waals surface area contributed by atoms with Gasteiger partial charge in [-0.3, -0.25) is 9.97 Å². The van der Waals surface area contributed by atoms with E-state index in [-0.39, 0.29) is 0 Å². The van der Waals surface area contributed by atoms with Crippen LogP contribution in [0, 0.1) is 0 Å². The number of nitrogens with zero attached hydrogens (tertiary/aromatic N) is 2. The Morgan fingerprint density at radius 2 is 1.12 bits per heavy atom. The molecule has 4 aromatic carbocycles. The van der Waals surface area contributed by atoms with Crippen molar-refractivity contribution in [1.82, 2.24) is 9.97 Å². The van der Waals surface area contributed by atoms with Crippen molar-refractivity contribution in [3.63, 3.8) is 0 Å². The maximum absolute atomic E-state index is 4.44. The third-order valence-electron chi connectivity index (χ3n) is 4.60. The highest BCUT2D eigenvalue weighted by Crippen LogP contribution is 2.36. The molecule has 0 saturated heterocycles. The van der Waals surface area contributed by atoms with Crippen LogP contribution in [-0.4, -0.2) is 9.97 Å². The largest absolute Gasteiger partial charge is 0.261 e. The van der Waals surface area contributed by atoms with Gasteiger partial charge < -0.3 is 0 Å². The Bertz CT molecular complexity index is 1160. The molecule has 0 N–H and O–H groups in total. The van der Waals surface area contributed by atoms with Gasteiger partial charge in [0, 0.05) is 18.0 Å². The summed E-state index contributed by atoms with van der Waals surface area (Å²) >= 11 is 0. The monoisotopic (exact) mass is 306 g/mol. The third kappa shape index (κ3) is 1.90. The molecular formula is C22H14N2. The topological polar surface area (TPSA) is 25.8 Å². The number of hydrogen-bond donors (Lipinski definition) is 0. The summed E-state index contributed by atoms with van der Waals surface area (Å²) in [5.41, 5.74) is 1.99. The van der Waals surface area contributed by atoms with Gasteiger partial charge in [-0.2, -0.15) is 0 Å². The molecule has 112 valence electrons. The van der Waals surface area contributed by atoms with Crippen LogP contribution in [0.5, 0.6) is 0 Å². The second-order valence-electron chi connectivity index (χ2n) is 5.94. The fourth-order valence-electron chi connectivity index (χ4n) is 3.52. The molecule has 0 aliphatic heterocycles. The Kier molecular flexibility index (Phi) is 2.83. The van der Waals surface area contributed by atoms with Crippen LogP contribution in [0.15, 0.2) is 85.3 Å². The zero-order valence-electron chi connectivity index (χ0n) is 13.0. The SMILES string of the molecule is c1ccc2c(c1)c1ccccc1c1cc(-c3cnccn3)ccc21. The zero-order valence-corrected chi connectivity index (χ0v) is 13.0. The summed E-state index contributed by atoms with van der Waals surface area (Å²) in [5, 5.41) is 7.68. The molecule has 5 rings (SSSR count). The molecule has 0 radical (unpaired) electrons. The van der Waals surface area contributed by atoms with Crippen LogP contribution in [-0.2, 0) is 0 Å². The van der Waals surface area contributed by atoms with Gasteiger partial charge in [-0.25, -0.2) is 0 Å². The van der Waals surface area contributed by atoms with E-state index in [4.69, 9.17) is 0 Å². The second-order valence-corrected chi connectivity index (χ2v) is 5.94. The normalized spacial score (nSPS) is 11.3. The molecule has 0 saturated carbocycles. The number of rotatable bonds is 1. The Labute approximate surface area is 139 Å². The van der Waals surface area contributed by atoms with Gasteiger partial charge in [0.15, 0.2) is 0 Å². The van der Waals surface area contributed by atoms with Gasteiger partial charge >= 0.3 is 0 Å². The van der Waals surface area contributed by atoms with E-state index in [1.165, 1.54) is 32.3 Å². The maximum atomic E-state index is 4.44. The van der Waals surface area contributed by atoms with E-state index in [9.17, 15) is 0 Å². The molecule has 0 aliphatic rings. The molecule has 1 aromatic heterocycles. The molecule has 0 fully saturated rings. The fourth-order valence-corrected chi connectivity index (χ4v) is 3.52. The average Bonchev–Trinajstić information content (AvgIpc) is 2.68. The number of fused-ring (bicyclic) bond motifs is 6. The summed E-state index contributed by atoms with van der Waals surface area (Å²) in [6.07, 6.45) is 5.25. The van der Waals surface area contributed by atoms with E-state index in [1.807, 2.05) is 6.20 Å². The van der Waals surface area contributed by atoms with Crippen LogP contribution < -0.4 is 0 Å². The molecular weight excluding hydrogens is 292 g/mol. The van der Waals surface area contributed by atoms with Crippen molar-refractivity contribution in [2.24, 2.45) is 0 Å². The van der Waals surface area contributed by atoms with Gasteiger partial charge in [-0.05, 0) is 38.4 Å². The van der Waals surface area contributed by atoms with Crippen molar-refractivity contribution in [2.75, 3.05) is 0 Å². The summed E-state index contributed by atoms with van der Waals surface area (Å²) in [7, 11) is 0. The molecule has 0 spiro atoms. The fraction of sp³-hybridized carbons (Fsp3) is 0. The van der Waals surface area contributed by atoms with Gasteiger partial charge in [0.05, 0.1) is 11.9 Å². The summed E-state index contributed by atoms with van der Waals surface area (Å²) in [5.74, 6) is 0. The van der Waals surface area contributed by atoms with Crippen LogP contribution >= 0.6 is 0 Å². The van der Waals surface area contributed by atoms with Gasteiger partial charge in [0.25, 0.3) is 0 Å². The number of aromatic nitrogens is 2. The van der Waals surface area contributed by atoms with Gasteiger partial charge in [-0.15, -0.1) is 0 Å². The minimum atomic E-state index is 0.900. The Morgan fingerprint density at radius 1 is 0.542 bits per heavy atom. The summed E-state index contributed by atoms with van der Waals surface area (Å²) in [4.78, 5) is 8.63. The van der Waals surface area contributed by atoms with Crippen LogP contribution in [0.1, 0.15) is 0 Å². The van der Waals surface area contributed by atoms with E-state index in [0.717, 1.165) is 11.3 Å².